The molecular formula is C24H18O6S. The first-order chi connectivity index (χ1) is 15.0. The van der Waals surface area contributed by atoms with Gasteiger partial charge in [-0.15, -0.1) is 0 Å². The van der Waals surface area contributed by atoms with Crippen LogP contribution in [0.15, 0.2) is 95.6 Å². The average molecular weight is 434 g/mol. The summed E-state index contributed by atoms with van der Waals surface area (Å²) in [7, 11) is -2.56. The highest BCUT2D eigenvalue weighted by Gasteiger charge is 2.28. The van der Waals surface area contributed by atoms with E-state index in [4.69, 9.17) is 13.7 Å². The second-order valence-corrected chi connectivity index (χ2v) is 8.15. The van der Waals surface area contributed by atoms with E-state index in [2.05, 4.69) is 0 Å². The molecule has 0 atom stereocenters. The molecule has 0 bridgehead atoms. The molecule has 4 rings (SSSR count). The molecule has 0 saturated heterocycles. The minimum Gasteiger partial charge on any atom is -0.497 e. The third-order valence-corrected chi connectivity index (χ3v) is 5.79. The summed E-state index contributed by atoms with van der Waals surface area (Å²) in [6, 6.07) is 19.8. The number of benzene rings is 3. The summed E-state index contributed by atoms with van der Waals surface area (Å²) in [4.78, 5) is 12.5. The summed E-state index contributed by atoms with van der Waals surface area (Å²) in [5.41, 5.74) is 1.33. The number of fused-ring (bicyclic) bond motifs is 1. The Hall–Kier alpha value is -3.84. The minimum absolute atomic E-state index is 0.0163. The molecule has 0 unspecified atom stereocenters. The first-order valence-electron chi connectivity index (χ1n) is 9.35. The molecule has 31 heavy (non-hydrogen) atoms. The number of Topliss-reactive ketones (excluding diaryl/α,β-unsaturated/α-hetero) is 1. The zero-order chi connectivity index (χ0) is 21.8. The molecule has 3 aromatic rings. The minimum atomic E-state index is -4.05. The van der Waals surface area contributed by atoms with E-state index in [9.17, 15) is 13.2 Å². The van der Waals surface area contributed by atoms with Gasteiger partial charge in [0.25, 0.3) is 0 Å². The Morgan fingerprint density at radius 3 is 2.32 bits per heavy atom. The fraction of sp³-hybridized carbons (Fsp3) is 0.0417. The van der Waals surface area contributed by atoms with Crippen LogP contribution in [0.3, 0.4) is 0 Å². The molecule has 6 nitrogen and oxygen atoms in total. The predicted molar refractivity (Wildman–Crippen MR) is 116 cm³/mol. The van der Waals surface area contributed by atoms with Crippen LogP contribution in [0.4, 0.5) is 0 Å². The van der Waals surface area contributed by atoms with Crippen LogP contribution in [0.2, 0.25) is 0 Å². The number of rotatable bonds is 6. The smallest absolute Gasteiger partial charge is 0.339 e. The van der Waals surface area contributed by atoms with Crippen LogP contribution >= 0.6 is 0 Å². The van der Waals surface area contributed by atoms with Crippen molar-refractivity contribution >= 4 is 22.0 Å². The monoisotopic (exact) mass is 434 g/mol. The van der Waals surface area contributed by atoms with Gasteiger partial charge in [0.1, 0.15) is 22.1 Å². The van der Waals surface area contributed by atoms with E-state index in [0.29, 0.717) is 11.3 Å². The van der Waals surface area contributed by atoms with Crippen LogP contribution < -0.4 is 13.7 Å². The van der Waals surface area contributed by atoms with Gasteiger partial charge in [-0.3, -0.25) is 4.79 Å². The van der Waals surface area contributed by atoms with Crippen molar-refractivity contribution in [2.45, 2.75) is 4.90 Å². The zero-order valence-corrected chi connectivity index (χ0v) is 17.3. The Morgan fingerprint density at radius 2 is 1.61 bits per heavy atom. The molecule has 3 aromatic carbocycles. The molecule has 1 aliphatic heterocycles. The van der Waals surface area contributed by atoms with Crippen LogP contribution in [-0.2, 0) is 10.1 Å². The van der Waals surface area contributed by atoms with Crippen molar-refractivity contribution in [2.75, 3.05) is 7.11 Å². The number of carbonyl (C=O) groups excluding carboxylic acids is 1. The van der Waals surface area contributed by atoms with Crippen molar-refractivity contribution in [1.82, 2.24) is 0 Å². The van der Waals surface area contributed by atoms with E-state index in [1.165, 1.54) is 49.6 Å². The summed E-state index contributed by atoms with van der Waals surface area (Å²) in [6.45, 7) is 0. The van der Waals surface area contributed by atoms with E-state index < -0.39 is 10.1 Å². The lowest BCUT2D eigenvalue weighted by molar-refractivity contribution is 0.101. The molecule has 156 valence electrons. The van der Waals surface area contributed by atoms with Crippen molar-refractivity contribution < 1.29 is 26.9 Å². The highest BCUT2D eigenvalue weighted by atomic mass is 32.2. The molecule has 0 aromatic heterocycles. The topological polar surface area (TPSA) is 78.9 Å². The summed E-state index contributed by atoms with van der Waals surface area (Å²) >= 11 is 0. The van der Waals surface area contributed by atoms with Gasteiger partial charge in [-0.25, -0.2) is 0 Å². The first kappa shape index (κ1) is 20.4. The quantitative estimate of drug-likeness (QED) is 0.416. The first-order valence-corrected chi connectivity index (χ1v) is 10.8. The number of ether oxygens (including phenoxy) is 2. The van der Waals surface area contributed by atoms with Gasteiger partial charge in [0.05, 0.1) is 12.7 Å². The fourth-order valence-corrected chi connectivity index (χ4v) is 3.88. The van der Waals surface area contributed by atoms with Crippen LogP contribution in [0.25, 0.3) is 6.08 Å². The third-order valence-electron chi connectivity index (χ3n) is 4.53. The van der Waals surface area contributed by atoms with E-state index in [1.807, 2.05) is 36.4 Å². The van der Waals surface area contributed by atoms with Gasteiger partial charge in [0.15, 0.2) is 5.76 Å². The third kappa shape index (κ3) is 4.51. The lowest BCUT2D eigenvalue weighted by Crippen LogP contribution is -2.09. The van der Waals surface area contributed by atoms with Gasteiger partial charge in [0.2, 0.25) is 5.78 Å². The van der Waals surface area contributed by atoms with E-state index in [0.717, 1.165) is 5.56 Å². The summed E-state index contributed by atoms with van der Waals surface area (Å²) in [5.74, 6) is 0.689. The number of hydrogen-bond acceptors (Lipinski definition) is 6. The molecule has 0 saturated carbocycles. The maximum absolute atomic E-state index is 12.5. The van der Waals surface area contributed by atoms with Gasteiger partial charge in [-0.2, -0.15) is 8.42 Å². The van der Waals surface area contributed by atoms with Gasteiger partial charge in [-0.05, 0) is 48.0 Å². The maximum Gasteiger partial charge on any atom is 0.339 e. The highest BCUT2D eigenvalue weighted by molar-refractivity contribution is 7.87. The van der Waals surface area contributed by atoms with Gasteiger partial charge in [0, 0.05) is 6.07 Å². The normalized spacial score (nSPS) is 14.5. The molecular weight excluding hydrogens is 416 g/mol. The Morgan fingerprint density at radius 1 is 0.903 bits per heavy atom. The maximum atomic E-state index is 12.5. The SMILES string of the molecule is COc1ccc(S(=O)(=O)Oc2ccc3c(c2)O/C(=C\C=C\c2ccccc2)C3=O)cc1. The molecule has 0 fully saturated rings. The summed E-state index contributed by atoms with van der Waals surface area (Å²) in [5, 5.41) is 0. The second kappa shape index (κ2) is 8.49. The molecule has 0 radical (unpaired) electrons. The highest BCUT2D eigenvalue weighted by Crippen LogP contribution is 2.35. The van der Waals surface area contributed by atoms with Gasteiger partial charge >= 0.3 is 10.1 Å². The molecule has 0 aliphatic carbocycles. The molecule has 7 heteroatoms. The Kier molecular flexibility index (Phi) is 5.60. The summed E-state index contributed by atoms with van der Waals surface area (Å²) < 4.78 is 40.9. The van der Waals surface area contributed by atoms with Crippen LogP contribution in [0, 0.1) is 0 Å². The lowest BCUT2D eigenvalue weighted by atomic mass is 10.1. The van der Waals surface area contributed by atoms with Crippen molar-refractivity contribution in [3.63, 3.8) is 0 Å². The van der Waals surface area contributed by atoms with E-state index in [-0.39, 0.29) is 27.9 Å². The van der Waals surface area contributed by atoms with Crippen molar-refractivity contribution in [1.29, 1.82) is 0 Å². The molecule has 0 N–H and O–H groups in total. The standard InChI is InChI=1S/C24H18O6S/c1-28-18-10-13-20(14-11-18)31(26,27)30-19-12-15-21-23(16-19)29-22(24(21)25)9-5-8-17-6-3-2-4-7-17/h2-16H,1H3/b8-5+,22-9-. The molecule has 1 aliphatic rings. The Bertz CT molecular complexity index is 1270. The number of hydrogen-bond donors (Lipinski definition) is 0. The van der Waals surface area contributed by atoms with Crippen molar-refractivity contribution in [3.8, 4) is 17.2 Å². The molecule has 0 amide bonds. The van der Waals surface area contributed by atoms with E-state index >= 15 is 0 Å². The number of methoxy groups -OCH3 is 1. The summed E-state index contributed by atoms with van der Waals surface area (Å²) in [6.07, 6.45) is 5.15. The Labute approximate surface area is 180 Å². The number of carbonyl (C=O) groups is 1. The van der Waals surface area contributed by atoms with E-state index in [1.54, 1.807) is 12.2 Å². The number of ketones is 1. The number of allylic oxidation sites excluding steroid dienone is 3. The molecule has 1 heterocycles. The second-order valence-electron chi connectivity index (χ2n) is 6.60. The zero-order valence-electron chi connectivity index (χ0n) is 16.5. The largest absolute Gasteiger partial charge is 0.497 e. The van der Waals surface area contributed by atoms with Crippen LogP contribution in [-0.4, -0.2) is 21.3 Å². The predicted octanol–water partition coefficient (Wildman–Crippen LogP) is 4.64. The van der Waals surface area contributed by atoms with Crippen LogP contribution in [0.5, 0.6) is 17.2 Å². The average Bonchev–Trinajstić information content (AvgIpc) is 3.09. The Balaban J connectivity index is 1.51. The van der Waals surface area contributed by atoms with Gasteiger partial charge < -0.3 is 13.7 Å². The fourth-order valence-electron chi connectivity index (χ4n) is 2.96. The van der Waals surface area contributed by atoms with Crippen molar-refractivity contribution in [2.24, 2.45) is 0 Å². The van der Waals surface area contributed by atoms with Gasteiger partial charge in [-0.1, -0.05) is 42.5 Å². The molecule has 0 spiro atoms. The lowest BCUT2D eigenvalue weighted by Gasteiger charge is -2.08. The van der Waals surface area contributed by atoms with Crippen molar-refractivity contribution in [3.05, 3.63) is 102 Å². The van der Waals surface area contributed by atoms with Crippen LogP contribution in [0.1, 0.15) is 15.9 Å².